The summed E-state index contributed by atoms with van der Waals surface area (Å²) in [4.78, 5) is 2.56. The number of ether oxygens (including phenoxy) is 1. The standard InChI is InChI=1S/C64H47NO/c1-41-18-6-7-24-48(41)62-42(2)19-16-32-60(62)65(59-37-36-49(44-20-4-3-5-21-44)50-25-8-9-28-53(50)59)47-39-54(46-35-34-43-22-17-23-45(43)38-46)63-58(40-47)64(57-31-14-15-33-61(57)66-63)55-29-12-10-26-51(55)52-27-11-13-30-56(52)64/h3-16,18-21,24-40H,17,22-23H2,1-2H3. The van der Waals surface area contributed by atoms with Crippen molar-refractivity contribution in [2.75, 3.05) is 4.90 Å². The van der Waals surface area contributed by atoms with Crippen molar-refractivity contribution < 1.29 is 4.74 Å². The lowest BCUT2D eigenvalue weighted by Crippen LogP contribution is -2.32. The third-order valence-corrected chi connectivity index (χ3v) is 14.7. The molecule has 13 rings (SSSR count). The van der Waals surface area contributed by atoms with Crippen LogP contribution in [-0.2, 0) is 18.3 Å². The number of fused-ring (bicyclic) bond motifs is 11. The van der Waals surface area contributed by atoms with Crippen molar-refractivity contribution in [3.8, 4) is 56.0 Å². The van der Waals surface area contributed by atoms with Gasteiger partial charge in [-0.1, -0.05) is 182 Å². The summed E-state index contributed by atoms with van der Waals surface area (Å²) in [5.41, 5.74) is 22.5. The van der Waals surface area contributed by atoms with Crippen molar-refractivity contribution in [3.05, 3.63) is 257 Å². The third kappa shape index (κ3) is 5.67. The van der Waals surface area contributed by atoms with Crippen molar-refractivity contribution in [2.45, 2.75) is 38.5 Å². The highest BCUT2D eigenvalue weighted by Crippen LogP contribution is 2.64. The summed E-state index contributed by atoms with van der Waals surface area (Å²) < 4.78 is 7.39. The maximum absolute atomic E-state index is 7.39. The normalized spacial score (nSPS) is 13.7. The van der Waals surface area contributed by atoms with Crippen LogP contribution < -0.4 is 9.64 Å². The molecule has 2 aliphatic carbocycles. The van der Waals surface area contributed by atoms with E-state index in [0.717, 1.165) is 58.1 Å². The van der Waals surface area contributed by atoms with Gasteiger partial charge in [0.05, 0.1) is 16.8 Å². The zero-order valence-electron chi connectivity index (χ0n) is 37.2. The molecule has 0 amide bonds. The lowest BCUT2D eigenvalue weighted by Gasteiger charge is -2.41. The van der Waals surface area contributed by atoms with Gasteiger partial charge >= 0.3 is 0 Å². The number of aryl methyl sites for hydroxylation is 4. The first-order valence-corrected chi connectivity index (χ1v) is 23.4. The molecule has 0 radical (unpaired) electrons. The highest BCUT2D eigenvalue weighted by Gasteiger charge is 2.52. The smallest absolute Gasteiger partial charge is 0.140 e. The van der Waals surface area contributed by atoms with Crippen LogP contribution in [0.1, 0.15) is 50.9 Å². The molecule has 10 aromatic rings. The maximum Gasteiger partial charge on any atom is 0.140 e. The summed E-state index contributed by atoms with van der Waals surface area (Å²) in [5, 5.41) is 2.39. The van der Waals surface area contributed by atoms with Crippen LogP contribution in [-0.4, -0.2) is 0 Å². The summed E-state index contributed by atoms with van der Waals surface area (Å²) in [5.74, 6) is 1.81. The summed E-state index contributed by atoms with van der Waals surface area (Å²) in [6.07, 6.45) is 3.41. The van der Waals surface area contributed by atoms with Crippen LogP contribution in [0, 0.1) is 13.8 Å². The van der Waals surface area contributed by atoms with Crippen LogP contribution in [0.25, 0.3) is 55.3 Å². The Hall–Kier alpha value is -7.94. The minimum absolute atomic E-state index is 0.658. The molecule has 1 heterocycles. The second kappa shape index (κ2) is 15.1. The molecule has 66 heavy (non-hydrogen) atoms. The molecular weight excluding hydrogens is 799 g/mol. The molecule has 0 saturated heterocycles. The van der Waals surface area contributed by atoms with Crippen LogP contribution in [0.4, 0.5) is 17.1 Å². The van der Waals surface area contributed by atoms with Gasteiger partial charge in [-0.2, -0.15) is 0 Å². The fourth-order valence-electron chi connectivity index (χ4n) is 11.8. The predicted molar refractivity (Wildman–Crippen MR) is 274 cm³/mol. The molecular formula is C64H47NO. The van der Waals surface area contributed by atoms with E-state index in [1.54, 1.807) is 0 Å². The fraction of sp³-hybridized carbons (Fsp3) is 0.0938. The van der Waals surface area contributed by atoms with Gasteiger partial charge in [0.1, 0.15) is 11.5 Å². The Morgan fingerprint density at radius 2 is 1.06 bits per heavy atom. The van der Waals surface area contributed by atoms with E-state index in [-0.39, 0.29) is 0 Å². The van der Waals surface area contributed by atoms with E-state index < -0.39 is 5.41 Å². The van der Waals surface area contributed by atoms with Gasteiger partial charge in [0.2, 0.25) is 0 Å². The SMILES string of the molecule is Cc1ccccc1-c1c(C)cccc1N(c1cc(-c2ccc3c(c2)CCC3)c2c(c1)C1(c3ccccc3O2)c2ccccc2-c2ccccc21)c1ccc(-c2ccccc2)c2ccccc12. The summed E-state index contributed by atoms with van der Waals surface area (Å²) in [7, 11) is 0. The van der Waals surface area contributed by atoms with Crippen LogP contribution in [0.15, 0.2) is 212 Å². The maximum atomic E-state index is 7.39. The van der Waals surface area contributed by atoms with Gasteiger partial charge in [0, 0.05) is 33.3 Å². The molecule has 0 N–H and O–H groups in total. The predicted octanol–water partition coefficient (Wildman–Crippen LogP) is 16.9. The molecule has 2 heteroatoms. The topological polar surface area (TPSA) is 12.5 Å². The van der Waals surface area contributed by atoms with Crippen LogP contribution in [0.3, 0.4) is 0 Å². The van der Waals surface area contributed by atoms with Crippen LogP contribution >= 0.6 is 0 Å². The quantitative estimate of drug-likeness (QED) is 0.165. The number of hydrogen-bond donors (Lipinski definition) is 0. The number of anilines is 3. The fourth-order valence-corrected chi connectivity index (χ4v) is 11.8. The van der Waals surface area contributed by atoms with Crippen LogP contribution in [0.2, 0.25) is 0 Å². The molecule has 314 valence electrons. The molecule has 0 unspecified atom stereocenters. The molecule has 1 aliphatic heterocycles. The minimum atomic E-state index is -0.658. The van der Waals surface area contributed by atoms with Gasteiger partial charge in [-0.25, -0.2) is 0 Å². The Morgan fingerprint density at radius 3 is 1.85 bits per heavy atom. The monoisotopic (exact) mass is 845 g/mol. The molecule has 3 aliphatic rings. The average Bonchev–Trinajstić information content (AvgIpc) is 3.96. The van der Waals surface area contributed by atoms with Crippen LogP contribution in [0.5, 0.6) is 11.5 Å². The third-order valence-electron chi connectivity index (χ3n) is 14.7. The summed E-state index contributed by atoms with van der Waals surface area (Å²) >= 11 is 0. The van der Waals surface area contributed by atoms with E-state index in [1.807, 2.05) is 0 Å². The highest BCUT2D eigenvalue weighted by atomic mass is 16.5. The average molecular weight is 846 g/mol. The Bertz CT molecular complexity index is 3540. The first-order valence-electron chi connectivity index (χ1n) is 23.4. The van der Waals surface area contributed by atoms with Crippen molar-refractivity contribution in [1.29, 1.82) is 0 Å². The van der Waals surface area contributed by atoms with E-state index in [2.05, 4.69) is 231 Å². The van der Waals surface area contributed by atoms with Gasteiger partial charge in [0.25, 0.3) is 0 Å². The number of benzene rings is 10. The van der Waals surface area contributed by atoms with Crippen molar-refractivity contribution in [3.63, 3.8) is 0 Å². The van der Waals surface area contributed by atoms with Crippen molar-refractivity contribution in [1.82, 2.24) is 0 Å². The van der Waals surface area contributed by atoms with Crippen molar-refractivity contribution >= 4 is 27.8 Å². The van der Waals surface area contributed by atoms with Gasteiger partial charge in [-0.05, 0) is 136 Å². The first kappa shape index (κ1) is 38.5. The van der Waals surface area contributed by atoms with E-state index in [0.29, 0.717) is 0 Å². The van der Waals surface area contributed by atoms with Gasteiger partial charge in [0.15, 0.2) is 0 Å². The Kier molecular flexibility index (Phi) is 8.80. The summed E-state index contributed by atoms with van der Waals surface area (Å²) in [6.45, 7) is 4.49. The highest BCUT2D eigenvalue weighted by molar-refractivity contribution is 6.08. The lowest BCUT2D eigenvalue weighted by molar-refractivity contribution is 0.438. The number of hydrogen-bond acceptors (Lipinski definition) is 2. The van der Waals surface area contributed by atoms with E-state index in [4.69, 9.17) is 4.74 Å². The number of rotatable bonds is 6. The number of para-hydroxylation sites is 1. The Balaban J connectivity index is 1.19. The van der Waals surface area contributed by atoms with Gasteiger partial charge in [-0.3, -0.25) is 0 Å². The van der Waals surface area contributed by atoms with Gasteiger partial charge < -0.3 is 9.64 Å². The number of nitrogens with zero attached hydrogens (tertiary/aromatic N) is 1. The molecule has 0 bridgehead atoms. The molecule has 0 aromatic heterocycles. The molecule has 0 atom stereocenters. The van der Waals surface area contributed by atoms with E-state index in [9.17, 15) is 0 Å². The Labute approximate surface area is 387 Å². The first-order chi connectivity index (χ1) is 32.6. The van der Waals surface area contributed by atoms with E-state index in [1.165, 1.54) is 89.5 Å². The zero-order valence-corrected chi connectivity index (χ0v) is 37.2. The second-order valence-electron chi connectivity index (χ2n) is 18.3. The summed E-state index contributed by atoms with van der Waals surface area (Å²) in [6, 6.07) is 79.0. The van der Waals surface area contributed by atoms with Crippen molar-refractivity contribution in [2.24, 2.45) is 0 Å². The lowest BCUT2D eigenvalue weighted by atomic mass is 9.65. The van der Waals surface area contributed by atoms with Gasteiger partial charge in [-0.15, -0.1) is 0 Å². The molecule has 10 aromatic carbocycles. The van der Waals surface area contributed by atoms with E-state index >= 15 is 0 Å². The minimum Gasteiger partial charge on any atom is -0.456 e. The second-order valence-corrected chi connectivity index (χ2v) is 18.3. The molecule has 0 saturated carbocycles. The largest absolute Gasteiger partial charge is 0.456 e. The Morgan fingerprint density at radius 1 is 0.409 bits per heavy atom. The zero-order chi connectivity index (χ0) is 43.9. The molecule has 1 spiro atoms. The molecule has 2 nitrogen and oxygen atoms in total. The molecule has 0 fully saturated rings.